The highest BCUT2D eigenvalue weighted by Crippen LogP contribution is 2.37. The number of nitrogens with one attached hydrogen (secondary N) is 1. The van der Waals surface area contributed by atoms with Crippen LogP contribution in [0.25, 0.3) is 6.08 Å². The molecule has 1 saturated heterocycles. The molecule has 11 heteroatoms. The fourth-order valence-electron chi connectivity index (χ4n) is 4.84. The number of amides is 2. The molecule has 2 amide bonds. The summed E-state index contributed by atoms with van der Waals surface area (Å²) in [6, 6.07) is 8.01. The monoisotopic (exact) mass is 551 g/mol. The lowest BCUT2D eigenvalue weighted by atomic mass is 9.91. The Morgan fingerprint density at radius 3 is 2.72 bits per heavy atom. The summed E-state index contributed by atoms with van der Waals surface area (Å²) < 4.78 is 28.2. The van der Waals surface area contributed by atoms with Crippen molar-refractivity contribution in [2.75, 3.05) is 18.0 Å². The highest BCUT2D eigenvalue weighted by molar-refractivity contribution is 7.92. The summed E-state index contributed by atoms with van der Waals surface area (Å²) in [5, 5.41) is 10.9. The molecule has 0 aliphatic carbocycles. The second-order valence-corrected chi connectivity index (χ2v) is 12.9. The minimum atomic E-state index is -3.84. The molecule has 2 N–H and O–H groups in total. The topological polar surface area (TPSA) is 107 Å². The molecule has 1 unspecified atom stereocenters. The van der Waals surface area contributed by atoms with Gasteiger partial charge in [0.25, 0.3) is 0 Å². The zero-order chi connectivity index (χ0) is 26.0. The van der Waals surface area contributed by atoms with E-state index in [0.29, 0.717) is 40.8 Å². The quantitative estimate of drug-likeness (QED) is 0.497. The smallest absolute Gasteiger partial charge is 0.407 e. The van der Waals surface area contributed by atoms with Gasteiger partial charge in [0.15, 0.2) is 0 Å². The Kier molecular flexibility index (Phi) is 8.09. The zero-order valence-electron chi connectivity index (χ0n) is 20.2. The van der Waals surface area contributed by atoms with Crippen molar-refractivity contribution in [3.8, 4) is 0 Å². The molecular weight excluding hydrogens is 522 g/mol. The van der Waals surface area contributed by atoms with Crippen molar-refractivity contribution >= 4 is 56.7 Å². The van der Waals surface area contributed by atoms with Crippen LogP contribution in [0.15, 0.2) is 35.7 Å². The molecule has 8 nitrogen and oxygen atoms in total. The van der Waals surface area contributed by atoms with E-state index in [0.717, 1.165) is 29.4 Å². The summed E-state index contributed by atoms with van der Waals surface area (Å²) in [6.07, 6.45) is 3.04. The first-order chi connectivity index (χ1) is 17.0. The van der Waals surface area contributed by atoms with Crippen molar-refractivity contribution in [1.82, 2.24) is 9.62 Å². The Labute approximate surface area is 220 Å². The summed E-state index contributed by atoms with van der Waals surface area (Å²) >= 11 is 7.15. The number of nitrogens with zero attached hydrogens (tertiary/aromatic N) is 2. The predicted octanol–water partition coefficient (Wildman–Crippen LogP) is 5.11. The van der Waals surface area contributed by atoms with Gasteiger partial charge in [-0.3, -0.25) is 4.79 Å². The van der Waals surface area contributed by atoms with Gasteiger partial charge in [-0.1, -0.05) is 31.5 Å². The summed E-state index contributed by atoms with van der Waals surface area (Å²) in [7, 11) is -3.84. The molecule has 0 radical (unpaired) electrons. The van der Waals surface area contributed by atoms with E-state index in [1.165, 1.54) is 22.3 Å². The molecule has 0 spiro atoms. The summed E-state index contributed by atoms with van der Waals surface area (Å²) in [5.74, 6) is -0.0351. The third-order valence-corrected chi connectivity index (χ3v) is 8.78. The molecule has 0 saturated carbocycles. The van der Waals surface area contributed by atoms with Crippen molar-refractivity contribution in [3.63, 3.8) is 0 Å². The zero-order valence-corrected chi connectivity index (χ0v) is 22.6. The van der Waals surface area contributed by atoms with Gasteiger partial charge in [0.2, 0.25) is 15.9 Å². The lowest BCUT2D eigenvalue weighted by Crippen LogP contribution is -2.40. The molecular formula is C25H30ClN3O5S2. The predicted molar refractivity (Wildman–Crippen MR) is 143 cm³/mol. The molecule has 2 aliphatic rings. The minimum absolute atomic E-state index is 0.289. The van der Waals surface area contributed by atoms with E-state index in [-0.39, 0.29) is 17.9 Å². The number of thiophene rings is 1. The number of aryl methyl sites for hydroxylation is 1. The van der Waals surface area contributed by atoms with E-state index < -0.39 is 22.2 Å². The molecule has 1 aromatic carbocycles. The number of benzene rings is 1. The number of hydrogen-bond donors (Lipinski definition) is 2. The van der Waals surface area contributed by atoms with Crippen molar-refractivity contribution in [2.24, 2.45) is 5.92 Å². The SMILES string of the molecule is CC(C)CC1c2cc(N3CC[C@H](NS(=O)(=O)C=Cc4ccc(Cl)s4)C3=O)ccc2CCCN1C(=O)O. The molecule has 4 rings (SSSR count). The van der Waals surface area contributed by atoms with E-state index in [1.807, 2.05) is 18.2 Å². The van der Waals surface area contributed by atoms with Gasteiger partial charge in [-0.25, -0.2) is 13.2 Å². The fourth-order valence-corrected chi connectivity index (χ4v) is 6.91. The Hall–Kier alpha value is -2.40. The van der Waals surface area contributed by atoms with Gasteiger partial charge in [-0.2, -0.15) is 4.72 Å². The number of anilines is 1. The first kappa shape index (κ1) is 26.7. The van der Waals surface area contributed by atoms with E-state index in [2.05, 4.69) is 18.6 Å². The maximum atomic E-state index is 13.2. The normalized spacial score (nSPS) is 20.8. The molecule has 1 aromatic heterocycles. The molecule has 2 aliphatic heterocycles. The highest BCUT2D eigenvalue weighted by atomic mass is 35.5. The summed E-state index contributed by atoms with van der Waals surface area (Å²) in [6.45, 7) is 4.97. The van der Waals surface area contributed by atoms with Crippen LogP contribution in [0.3, 0.4) is 0 Å². The van der Waals surface area contributed by atoms with Crippen molar-refractivity contribution < 1.29 is 23.1 Å². The van der Waals surface area contributed by atoms with Gasteiger partial charge in [0.05, 0.1) is 10.4 Å². The van der Waals surface area contributed by atoms with Crippen LogP contribution in [0.1, 0.15) is 55.2 Å². The van der Waals surface area contributed by atoms with Gasteiger partial charge < -0.3 is 14.9 Å². The van der Waals surface area contributed by atoms with Crippen molar-refractivity contribution in [3.05, 3.63) is 56.1 Å². The number of carbonyl (C=O) groups excluding carboxylic acids is 1. The third kappa shape index (κ3) is 6.11. The molecule has 194 valence electrons. The molecule has 2 atom stereocenters. The standard InChI is InChI=1S/C25H30ClN3O5S2/c1-16(2)14-22-20-15-18(6-5-17(20)4-3-11-29(22)25(31)32)28-12-9-21(24(28)30)27-36(33,34)13-10-19-7-8-23(26)35-19/h5-8,10,13,15-16,21-22,27H,3-4,9,11-12,14H2,1-2H3,(H,31,32)/t21-,22?/m0/s1. The van der Waals surface area contributed by atoms with Crippen LogP contribution in [0.4, 0.5) is 10.5 Å². The van der Waals surface area contributed by atoms with Crippen LogP contribution in [0.5, 0.6) is 0 Å². The molecule has 36 heavy (non-hydrogen) atoms. The number of hydrogen-bond acceptors (Lipinski definition) is 5. The largest absolute Gasteiger partial charge is 0.465 e. The number of carbonyl (C=O) groups is 2. The minimum Gasteiger partial charge on any atom is -0.465 e. The van der Waals surface area contributed by atoms with Crippen molar-refractivity contribution in [2.45, 2.75) is 51.6 Å². The van der Waals surface area contributed by atoms with Crippen LogP contribution in [-0.2, 0) is 21.2 Å². The maximum absolute atomic E-state index is 13.2. The molecule has 1 fully saturated rings. The summed E-state index contributed by atoms with van der Waals surface area (Å²) in [5.41, 5.74) is 2.68. The van der Waals surface area contributed by atoms with Gasteiger partial charge in [0.1, 0.15) is 6.04 Å². The van der Waals surface area contributed by atoms with Crippen LogP contribution in [-0.4, -0.2) is 49.6 Å². The molecule has 2 aromatic rings. The molecule has 0 bridgehead atoms. The lowest BCUT2D eigenvalue weighted by Gasteiger charge is -2.31. The van der Waals surface area contributed by atoms with Crippen LogP contribution in [0, 0.1) is 5.92 Å². The Bertz CT molecular complexity index is 1270. The fraction of sp³-hybridized carbons (Fsp3) is 0.440. The highest BCUT2D eigenvalue weighted by Gasteiger charge is 2.36. The van der Waals surface area contributed by atoms with Gasteiger partial charge in [-0.15, -0.1) is 11.3 Å². The van der Waals surface area contributed by atoms with E-state index in [1.54, 1.807) is 17.0 Å². The number of halogens is 1. The average Bonchev–Trinajstić information content (AvgIpc) is 3.33. The third-order valence-electron chi connectivity index (χ3n) is 6.48. The van der Waals surface area contributed by atoms with Gasteiger partial charge in [0, 0.05) is 29.1 Å². The second-order valence-electron chi connectivity index (χ2n) is 9.55. The summed E-state index contributed by atoms with van der Waals surface area (Å²) in [4.78, 5) is 29.0. The number of carboxylic acid groups (broad SMARTS) is 1. The van der Waals surface area contributed by atoms with Crippen LogP contribution in [0.2, 0.25) is 4.34 Å². The average molecular weight is 552 g/mol. The van der Waals surface area contributed by atoms with Crippen LogP contribution < -0.4 is 9.62 Å². The maximum Gasteiger partial charge on any atom is 0.407 e. The van der Waals surface area contributed by atoms with E-state index in [9.17, 15) is 23.1 Å². The van der Waals surface area contributed by atoms with Gasteiger partial charge in [-0.05, 0) is 73.1 Å². The lowest BCUT2D eigenvalue weighted by molar-refractivity contribution is -0.118. The first-order valence-electron chi connectivity index (χ1n) is 11.9. The molecule has 3 heterocycles. The second kappa shape index (κ2) is 10.9. The Balaban J connectivity index is 1.54. The Morgan fingerprint density at radius 1 is 1.28 bits per heavy atom. The number of rotatable bonds is 7. The Morgan fingerprint density at radius 2 is 2.06 bits per heavy atom. The first-order valence-corrected chi connectivity index (χ1v) is 14.7. The van der Waals surface area contributed by atoms with Gasteiger partial charge >= 0.3 is 6.09 Å². The number of sulfonamides is 1. The van der Waals surface area contributed by atoms with Crippen LogP contribution >= 0.6 is 22.9 Å². The van der Waals surface area contributed by atoms with Crippen molar-refractivity contribution in [1.29, 1.82) is 0 Å². The van der Waals surface area contributed by atoms with E-state index in [4.69, 9.17) is 11.6 Å². The van der Waals surface area contributed by atoms with E-state index >= 15 is 0 Å². The number of fused-ring (bicyclic) bond motifs is 1.